The van der Waals surface area contributed by atoms with E-state index in [9.17, 15) is 9.50 Å². The normalized spacial score (nSPS) is 27.2. The van der Waals surface area contributed by atoms with Crippen LogP contribution < -0.4 is 9.38 Å². The van der Waals surface area contributed by atoms with Gasteiger partial charge in [-0.1, -0.05) is 25.2 Å². The highest BCUT2D eigenvalue weighted by molar-refractivity contribution is 14.2. The third-order valence-electron chi connectivity index (χ3n) is 7.08. The molecular formula is C24H29FIN4O+. The summed E-state index contributed by atoms with van der Waals surface area (Å²) in [6, 6.07) is 11.8. The fourth-order valence-corrected chi connectivity index (χ4v) is 7.72. The van der Waals surface area contributed by atoms with Crippen molar-refractivity contribution in [2.75, 3.05) is 22.6 Å². The number of aliphatic hydroxyl groups is 1. The maximum atomic E-state index is 13.7. The Morgan fingerprint density at radius 1 is 1.29 bits per heavy atom. The number of benzene rings is 2. The Balaban J connectivity index is 1.74. The van der Waals surface area contributed by atoms with Gasteiger partial charge < -0.3 is 10.0 Å². The SMILES string of the molecule is C=IC[N+]1(C2CC(CO)C2)CC(C)(C)N(c2ccc(F)cc2)c2cc3cn[nH]c3cc21. The molecule has 2 aliphatic rings. The summed E-state index contributed by atoms with van der Waals surface area (Å²) in [4.78, 5) is 2.37. The minimum atomic E-state index is -0.222. The van der Waals surface area contributed by atoms with Gasteiger partial charge in [-0.15, -0.1) is 0 Å². The molecule has 5 rings (SSSR count). The van der Waals surface area contributed by atoms with Crippen LogP contribution in [0.5, 0.6) is 0 Å². The van der Waals surface area contributed by atoms with E-state index in [2.05, 4.69) is 45.6 Å². The molecule has 2 N–H and O–H groups in total. The summed E-state index contributed by atoms with van der Waals surface area (Å²) in [5, 5.41) is 18.2. The first-order chi connectivity index (χ1) is 14.9. The second-order valence-corrected chi connectivity index (χ2v) is 11.4. The molecule has 2 aromatic carbocycles. The molecule has 1 aliphatic heterocycles. The van der Waals surface area contributed by atoms with E-state index in [1.807, 2.05) is 18.3 Å². The molecule has 1 aliphatic carbocycles. The van der Waals surface area contributed by atoms with Crippen LogP contribution in [0.4, 0.5) is 21.5 Å². The van der Waals surface area contributed by atoms with Crippen molar-refractivity contribution in [1.29, 1.82) is 0 Å². The van der Waals surface area contributed by atoms with Crippen LogP contribution in [0.15, 0.2) is 42.6 Å². The first-order valence-corrected chi connectivity index (χ1v) is 13.8. The average molecular weight is 535 g/mol. The molecule has 5 nitrogen and oxygen atoms in total. The summed E-state index contributed by atoms with van der Waals surface area (Å²) in [6.45, 7) is 5.80. The van der Waals surface area contributed by atoms with E-state index < -0.39 is 0 Å². The molecule has 0 bridgehead atoms. The number of nitrogens with one attached hydrogen (secondary N) is 1. The second kappa shape index (κ2) is 7.64. The highest BCUT2D eigenvalue weighted by Gasteiger charge is 2.55. The van der Waals surface area contributed by atoms with Gasteiger partial charge in [-0.3, -0.25) is 9.58 Å². The smallest absolute Gasteiger partial charge is 0.159 e. The number of hydrogen-bond acceptors (Lipinski definition) is 3. The summed E-state index contributed by atoms with van der Waals surface area (Å²) in [7, 11) is 0. The molecule has 0 saturated heterocycles. The Morgan fingerprint density at radius 2 is 2.03 bits per heavy atom. The van der Waals surface area contributed by atoms with Crippen LogP contribution >= 0.6 is 20.7 Å². The molecule has 0 radical (unpaired) electrons. The predicted octanol–water partition coefficient (Wildman–Crippen LogP) is 5.07. The van der Waals surface area contributed by atoms with Gasteiger partial charge in [0.15, 0.2) is 5.69 Å². The fourth-order valence-electron chi connectivity index (χ4n) is 5.69. The van der Waals surface area contributed by atoms with E-state index in [0.29, 0.717) is 12.0 Å². The highest BCUT2D eigenvalue weighted by atomic mass is 127. The lowest BCUT2D eigenvalue weighted by Gasteiger charge is -2.58. The number of halogens is 2. The van der Waals surface area contributed by atoms with Gasteiger partial charge in [0.2, 0.25) is 0 Å². The van der Waals surface area contributed by atoms with E-state index in [4.69, 9.17) is 0 Å². The standard InChI is InChI=1S/C24H29FIN4O/c1-24(2)14-30(15-26-3,20-8-16(9-20)13-31)23-11-21-17(12-27-28-21)10-22(23)29(24)19-6-4-18(25)5-7-19/h4-7,10-12,16,20,31H,3,8-9,13-15H2,1-2H3,(H,27,28)/q+1. The van der Waals surface area contributed by atoms with Crippen molar-refractivity contribution in [3.63, 3.8) is 0 Å². The maximum Gasteiger partial charge on any atom is 0.159 e. The Hall–Kier alpha value is -1.84. The van der Waals surface area contributed by atoms with Gasteiger partial charge in [0, 0.05) is 36.6 Å². The number of fused-ring (bicyclic) bond motifs is 2. The fraction of sp³-hybridized carbons (Fsp3) is 0.417. The van der Waals surface area contributed by atoms with Crippen LogP contribution in [0.2, 0.25) is 0 Å². The molecule has 7 heteroatoms. The number of nitrogens with zero attached hydrogens (tertiary/aromatic N) is 3. The molecule has 31 heavy (non-hydrogen) atoms. The van der Waals surface area contributed by atoms with Gasteiger partial charge in [0.05, 0.1) is 23.3 Å². The van der Waals surface area contributed by atoms with Gasteiger partial charge in [0.1, 0.15) is 22.6 Å². The van der Waals surface area contributed by atoms with Crippen LogP contribution in [0.3, 0.4) is 0 Å². The van der Waals surface area contributed by atoms with E-state index in [1.165, 1.54) is 23.5 Å². The lowest BCUT2D eigenvalue weighted by molar-refractivity contribution is 0.0495. The minimum absolute atomic E-state index is 0.175. The van der Waals surface area contributed by atoms with Gasteiger partial charge in [-0.2, -0.15) is 5.10 Å². The van der Waals surface area contributed by atoms with Crippen LogP contribution in [-0.2, 0) is 0 Å². The molecule has 164 valence electrons. The number of aromatic amines is 1. The highest BCUT2D eigenvalue weighted by Crippen LogP contribution is 2.53. The van der Waals surface area contributed by atoms with Crippen molar-refractivity contribution in [2.24, 2.45) is 5.92 Å². The average Bonchev–Trinajstić information content (AvgIpc) is 3.14. The molecule has 3 aromatic rings. The molecule has 0 spiro atoms. The zero-order valence-corrected chi connectivity index (χ0v) is 20.1. The van der Waals surface area contributed by atoms with Crippen molar-refractivity contribution >= 4 is 53.2 Å². The molecule has 1 saturated carbocycles. The van der Waals surface area contributed by atoms with E-state index in [1.54, 1.807) is 0 Å². The third kappa shape index (κ3) is 3.32. The van der Waals surface area contributed by atoms with E-state index in [-0.39, 0.29) is 38.7 Å². The number of H-pyrrole nitrogens is 1. The Kier molecular flexibility index (Phi) is 5.18. The number of alkyl halides is 1. The number of hydrogen-bond donors (Lipinski definition) is 2. The summed E-state index contributed by atoms with van der Waals surface area (Å²) in [5.41, 5.74) is 4.33. The molecule has 2 heterocycles. The summed E-state index contributed by atoms with van der Waals surface area (Å²) >= 11 is -0.201. The van der Waals surface area contributed by atoms with Gasteiger partial charge in [0.25, 0.3) is 0 Å². The van der Waals surface area contributed by atoms with Crippen LogP contribution in [0.25, 0.3) is 10.9 Å². The zero-order chi connectivity index (χ0) is 21.8. The quantitative estimate of drug-likeness (QED) is 0.208. The number of quaternary nitrogens is 1. The number of aromatic nitrogens is 2. The molecular weight excluding hydrogens is 506 g/mol. The first-order valence-electron chi connectivity index (χ1n) is 10.7. The zero-order valence-electron chi connectivity index (χ0n) is 18.0. The second-order valence-electron chi connectivity index (χ2n) is 9.60. The maximum absolute atomic E-state index is 13.7. The third-order valence-corrected chi connectivity index (χ3v) is 8.78. The molecule has 1 aromatic heterocycles. The minimum Gasteiger partial charge on any atom is -0.396 e. The van der Waals surface area contributed by atoms with Crippen molar-refractivity contribution < 1.29 is 9.50 Å². The lowest BCUT2D eigenvalue weighted by Crippen LogP contribution is -2.70. The topological polar surface area (TPSA) is 52.1 Å². The molecule has 1 atom stereocenters. The van der Waals surface area contributed by atoms with Crippen molar-refractivity contribution in [3.8, 4) is 0 Å². The van der Waals surface area contributed by atoms with Crippen LogP contribution in [-0.4, -0.2) is 49.1 Å². The van der Waals surface area contributed by atoms with Crippen molar-refractivity contribution in [3.05, 3.63) is 48.4 Å². The lowest BCUT2D eigenvalue weighted by atomic mass is 9.76. The monoisotopic (exact) mass is 535 g/mol. The number of aliphatic hydroxyl groups excluding tert-OH is 1. The van der Waals surface area contributed by atoms with Gasteiger partial charge in [-0.25, -0.2) is 4.39 Å². The molecule has 1 unspecified atom stereocenters. The Morgan fingerprint density at radius 3 is 2.71 bits per heavy atom. The largest absolute Gasteiger partial charge is 0.396 e. The summed E-state index contributed by atoms with van der Waals surface area (Å²) in [6.07, 6.45) is 3.97. The Labute approximate surface area is 192 Å². The Bertz CT molecular complexity index is 1120. The molecule has 0 amide bonds. The first kappa shape index (κ1) is 21.0. The number of rotatable bonds is 5. The van der Waals surface area contributed by atoms with Crippen LogP contribution in [0.1, 0.15) is 26.7 Å². The number of anilines is 2. The predicted molar refractivity (Wildman–Crippen MR) is 135 cm³/mol. The molecule has 1 fully saturated rings. The summed E-state index contributed by atoms with van der Waals surface area (Å²) in [5.74, 6) is 0.182. The summed E-state index contributed by atoms with van der Waals surface area (Å²) < 4.78 is 20.0. The van der Waals surface area contributed by atoms with Gasteiger partial charge >= 0.3 is 0 Å². The van der Waals surface area contributed by atoms with E-state index >= 15 is 0 Å². The van der Waals surface area contributed by atoms with Crippen molar-refractivity contribution in [1.82, 2.24) is 14.7 Å². The van der Waals surface area contributed by atoms with Crippen molar-refractivity contribution in [2.45, 2.75) is 38.3 Å². The van der Waals surface area contributed by atoms with Gasteiger partial charge in [-0.05, 0) is 50.1 Å². The van der Waals surface area contributed by atoms with Crippen LogP contribution in [0, 0.1) is 11.7 Å². The van der Waals surface area contributed by atoms with E-state index in [0.717, 1.165) is 45.0 Å².